The second kappa shape index (κ2) is 8.16. The lowest BCUT2D eigenvalue weighted by Crippen LogP contribution is -2.21. The molecule has 0 radical (unpaired) electrons. The van der Waals surface area contributed by atoms with Crippen molar-refractivity contribution in [1.82, 2.24) is 4.98 Å². The van der Waals surface area contributed by atoms with E-state index in [1.165, 1.54) is 32.5 Å². The third-order valence-corrected chi connectivity index (χ3v) is 3.18. The first-order valence-corrected chi connectivity index (χ1v) is 7.22. The first-order valence-electron chi connectivity index (χ1n) is 6.84. The number of methoxy groups -OCH3 is 2. The van der Waals surface area contributed by atoms with E-state index in [1.54, 1.807) is 18.2 Å². The summed E-state index contributed by atoms with van der Waals surface area (Å²) in [5.41, 5.74) is 0.617. The minimum absolute atomic E-state index is 0.162. The number of ether oxygens (including phenoxy) is 3. The van der Waals surface area contributed by atoms with Crippen LogP contribution in [0.15, 0.2) is 36.5 Å². The zero-order valence-corrected chi connectivity index (χ0v) is 13.8. The minimum atomic E-state index is -0.674. The summed E-state index contributed by atoms with van der Waals surface area (Å²) in [5, 5.41) is 2.76. The second-order valence-corrected chi connectivity index (χ2v) is 4.95. The maximum absolute atomic E-state index is 12.0. The van der Waals surface area contributed by atoms with Crippen LogP contribution in [0.2, 0.25) is 5.15 Å². The topological polar surface area (TPSA) is 86.8 Å². The van der Waals surface area contributed by atoms with Gasteiger partial charge in [0.05, 0.1) is 25.5 Å². The fraction of sp³-hybridized carbons (Fsp3) is 0.188. The number of aromatic nitrogens is 1. The molecule has 0 saturated heterocycles. The maximum atomic E-state index is 12.0. The Bertz CT molecular complexity index is 751. The molecule has 2 rings (SSSR count). The Morgan fingerprint density at radius 3 is 2.62 bits per heavy atom. The molecule has 8 heteroatoms. The van der Waals surface area contributed by atoms with E-state index in [9.17, 15) is 9.59 Å². The summed E-state index contributed by atoms with van der Waals surface area (Å²) in [7, 11) is 2.99. The van der Waals surface area contributed by atoms with Crippen molar-refractivity contribution >= 4 is 29.2 Å². The van der Waals surface area contributed by atoms with Crippen LogP contribution in [0.1, 0.15) is 10.4 Å². The number of carbonyl (C=O) groups is 2. The zero-order chi connectivity index (χ0) is 17.5. The van der Waals surface area contributed by atoms with Crippen LogP contribution in [0.4, 0.5) is 5.69 Å². The second-order valence-electron chi connectivity index (χ2n) is 4.56. The van der Waals surface area contributed by atoms with Crippen molar-refractivity contribution in [2.75, 3.05) is 26.1 Å². The SMILES string of the molecule is COc1ccc(OC)c(NC(=O)COC(=O)c2ccnc(Cl)c2)c1. The number of pyridine rings is 1. The molecule has 126 valence electrons. The van der Waals surface area contributed by atoms with E-state index in [1.807, 2.05) is 0 Å². The van der Waals surface area contributed by atoms with E-state index < -0.39 is 18.5 Å². The number of halogens is 1. The molecule has 2 aromatic rings. The summed E-state index contributed by atoms with van der Waals surface area (Å²) < 4.78 is 15.2. The molecular weight excluding hydrogens is 336 g/mol. The van der Waals surface area contributed by atoms with E-state index in [-0.39, 0.29) is 10.7 Å². The monoisotopic (exact) mass is 350 g/mol. The number of nitrogens with zero attached hydrogens (tertiary/aromatic N) is 1. The van der Waals surface area contributed by atoms with Gasteiger partial charge in [-0.15, -0.1) is 0 Å². The van der Waals surface area contributed by atoms with Gasteiger partial charge >= 0.3 is 5.97 Å². The van der Waals surface area contributed by atoms with E-state index >= 15 is 0 Å². The van der Waals surface area contributed by atoms with Crippen LogP contribution in [0.5, 0.6) is 11.5 Å². The van der Waals surface area contributed by atoms with Gasteiger partial charge in [0.1, 0.15) is 16.7 Å². The Balaban J connectivity index is 1.97. The number of nitrogens with one attached hydrogen (secondary N) is 1. The van der Waals surface area contributed by atoms with Crippen molar-refractivity contribution in [2.24, 2.45) is 0 Å². The molecule has 0 aliphatic heterocycles. The average Bonchev–Trinajstić information content (AvgIpc) is 2.59. The van der Waals surface area contributed by atoms with Crippen molar-refractivity contribution in [3.8, 4) is 11.5 Å². The standard InChI is InChI=1S/C16H15ClN2O5/c1-22-11-3-4-13(23-2)12(8-11)19-15(20)9-24-16(21)10-5-6-18-14(17)7-10/h3-8H,9H2,1-2H3,(H,19,20). The number of carbonyl (C=O) groups excluding carboxylic acids is 2. The predicted octanol–water partition coefficient (Wildman–Crippen LogP) is 2.55. The molecule has 0 saturated carbocycles. The van der Waals surface area contributed by atoms with Gasteiger partial charge in [-0.25, -0.2) is 9.78 Å². The van der Waals surface area contributed by atoms with E-state index in [0.717, 1.165) is 0 Å². The molecule has 24 heavy (non-hydrogen) atoms. The van der Waals surface area contributed by atoms with Crippen LogP contribution in [-0.2, 0) is 9.53 Å². The minimum Gasteiger partial charge on any atom is -0.497 e. The predicted molar refractivity (Wildman–Crippen MR) is 87.7 cm³/mol. The smallest absolute Gasteiger partial charge is 0.338 e. The Morgan fingerprint density at radius 1 is 1.17 bits per heavy atom. The quantitative estimate of drug-likeness (QED) is 0.636. The van der Waals surface area contributed by atoms with E-state index in [4.69, 9.17) is 25.8 Å². The molecule has 0 fully saturated rings. The molecule has 0 aliphatic rings. The van der Waals surface area contributed by atoms with Gasteiger partial charge in [0.2, 0.25) is 0 Å². The van der Waals surface area contributed by atoms with Crippen molar-refractivity contribution in [1.29, 1.82) is 0 Å². The molecular formula is C16H15ClN2O5. The van der Waals surface area contributed by atoms with Crippen LogP contribution in [0.3, 0.4) is 0 Å². The fourth-order valence-corrected chi connectivity index (χ4v) is 2.02. The molecule has 0 aliphatic carbocycles. The lowest BCUT2D eigenvalue weighted by atomic mass is 10.2. The summed E-state index contributed by atoms with van der Waals surface area (Å²) in [5.74, 6) is -0.187. The maximum Gasteiger partial charge on any atom is 0.338 e. The van der Waals surface area contributed by atoms with Crippen molar-refractivity contribution in [3.63, 3.8) is 0 Å². The number of hydrogen-bond acceptors (Lipinski definition) is 6. The number of anilines is 1. The third kappa shape index (κ3) is 4.60. The highest BCUT2D eigenvalue weighted by molar-refractivity contribution is 6.29. The zero-order valence-electron chi connectivity index (χ0n) is 13.0. The van der Waals surface area contributed by atoms with Crippen LogP contribution < -0.4 is 14.8 Å². The summed E-state index contributed by atoms with van der Waals surface area (Å²) in [6.07, 6.45) is 1.38. The summed E-state index contributed by atoms with van der Waals surface area (Å²) in [6, 6.07) is 7.74. The van der Waals surface area contributed by atoms with Gasteiger partial charge < -0.3 is 19.5 Å². The van der Waals surface area contributed by atoms with Crippen LogP contribution in [0.25, 0.3) is 0 Å². The normalized spacial score (nSPS) is 9.96. The highest BCUT2D eigenvalue weighted by Gasteiger charge is 2.13. The van der Waals surface area contributed by atoms with Crippen LogP contribution in [-0.4, -0.2) is 37.7 Å². The highest BCUT2D eigenvalue weighted by Crippen LogP contribution is 2.28. The molecule has 1 aromatic heterocycles. The third-order valence-electron chi connectivity index (χ3n) is 2.98. The number of hydrogen-bond donors (Lipinski definition) is 1. The van der Waals surface area contributed by atoms with Crippen LogP contribution in [0, 0.1) is 0 Å². The lowest BCUT2D eigenvalue weighted by Gasteiger charge is -2.12. The van der Waals surface area contributed by atoms with Gasteiger partial charge in [-0.3, -0.25) is 4.79 Å². The Hall–Kier alpha value is -2.80. The van der Waals surface area contributed by atoms with Crippen molar-refractivity contribution in [2.45, 2.75) is 0 Å². The van der Waals surface area contributed by atoms with E-state index in [2.05, 4.69) is 10.3 Å². The average molecular weight is 351 g/mol. The number of benzene rings is 1. The lowest BCUT2D eigenvalue weighted by molar-refractivity contribution is -0.119. The molecule has 0 bridgehead atoms. The Morgan fingerprint density at radius 2 is 1.96 bits per heavy atom. The first-order chi connectivity index (χ1) is 11.5. The first kappa shape index (κ1) is 17.6. The van der Waals surface area contributed by atoms with Crippen molar-refractivity contribution < 1.29 is 23.8 Å². The molecule has 1 heterocycles. The van der Waals surface area contributed by atoms with Gasteiger partial charge in [-0.1, -0.05) is 11.6 Å². The molecule has 0 spiro atoms. The molecule has 7 nitrogen and oxygen atoms in total. The summed E-state index contributed by atoms with van der Waals surface area (Å²) >= 11 is 5.70. The van der Waals surface area contributed by atoms with E-state index in [0.29, 0.717) is 17.2 Å². The summed E-state index contributed by atoms with van der Waals surface area (Å²) in [6.45, 7) is -0.459. The highest BCUT2D eigenvalue weighted by atomic mass is 35.5. The summed E-state index contributed by atoms with van der Waals surface area (Å²) in [4.78, 5) is 27.6. The van der Waals surface area contributed by atoms with Gasteiger partial charge in [-0.05, 0) is 24.3 Å². The van der Waals surface area contributed by atoms with Gasteiger partial charge in [0, 0.05) is 12.3 Å². The van der Waals surface area contributed by atoms with Gasteiger partial charge in [0.25, 0.3) is 5.91 Å². The van der Waals surface area contributed by atoms with Gasteiger partial charge in [-0.2, -0.15) is 0 Å². The Kier molecular flexibility index (Phi) is 5.97. The molecule has 1 aromatic carbocycles. The largest absolute Gasteiger partial charge is 0.497 e. The fourth-order valence-electron chi connectivity index (χ4n) is 1.84. The Labute approximate surface area is 143 Å². The number of amides is 1. The molecule has 0 unspecified atom stereocenters. The number of esters is 1. The molecule has 0 atom stereocenters. The number of rotatable bonds is 6. The van der Waals surface area contributed by atoms with Crippen LogP contribution >= 0.6 is 11.6 Å². The van der Waals surface area contributed by atoms with Gasteiger partial charge in [0.15, 0.2) is 6.61 Å². The van der Waals surface area contributed by atoms with Crippen molar-refractivity contribution in [3.05, 3.63) is 47.2 Å². The molecule has 1 N–H and O–H groups in total. The molecule has 1 amide bonds.